The molecule has 0 aliphatic rings. The first kappa shape index (κ1) is 27.4. The Morgan fingerprint density at radius 1 is 0.629 bits per heavy atom. The monoisotopic (exact) mass is 504 g/mol. The van der Waals surface area contributed by atoms with Crippen LogP contribution in [0.5, 0.6) is 11.5 Å². The molecule has 1 radical (unpaired) electrons. The second kappa shape index (κ2) is 13.2. The fourth-order valence-electron chi connectivity index (χ4n) is 3.25. The molecule has 0 amide bonds. The summed E-state index contributed by atoms with van der Waals surface area (Å²) in [6, 6.07) is 28.2. The van der Waals surface area contributed by atoms with Crippen molar-refractivity contribution >= 4 is 23.8 Å². The maximum Gasteiger partial charge on any atom is 0.260 e. The summed E-state index contributed by atoms with van der Waals surface area (Å²) in [5.41, 5.74) is 5.49. The van der Waals surface area contributed by atoms with Crippen molar-refractivity contribution in [3.8, 4) is 11.5 Å². The molecule has 0 saturated carbocycles. The molecule has 177 valence electrons. The van der Waals surface area contributed by atoms with Gasteiger partial charge in [-0.15, -0.1) is 0 Å². The van der Waals surface area contributed by atoms with Gasteiger partial charge in [0.25, 0.3) is 5.69 Å². The van der Waals surface area contributed by atoms with Gasteiger partial charge in [-0.25, -0.2) is 0 Å². The minimum atomic E-state index is 0. The summed E-state index contributed by atoms with van der Waals surface area (Å²) in [6.07, 6.45) is 3.18. The molecule has 35 heavy (non-hydrogen) atoms. The Bertz CT molecular complexity index is 1320. The summed E-state index contributed by atoms with van der Waals surface area (Å²) in [4.78, 5) is 4.29. The molecule has 5 nitrogen and oxygen atoms in total. The Balaban J connectivity index is 0.000000241. The topological polar surface area (TPSA) is 76.1 Å². The minimum absolute atomic E-state index is 0. The molecule has 0 unspecified atom stereocenters. The van der Waals surface area contributed by atoms with Crippen molar-refractivity contribution in [2.75, 3.05) is 0 Å². The van der Waals surface area contributed by atoms with Gasteiger partial charge in [0.15, 0.2) is 0 Å². The average Bonchev–Trinajstić information content (AvgIpc) is 2.84. The predicted molar refractivity (Wildman–Crippen MR) is 137 cm³/mol. The van der Waals surface area contributed by atoms with E-state index in [1.807, 2.05) is 106 Å². The standard InChI is InChI=1S/C15H15NO2.C14H13NO.V/c1-11-6-3-4-9-14(11)16(18)10-13-8-5-7-12(2)15(13)17;1-11-6-5-7-12(14(11)16)10-15-13-8-3-2-4-9-13;/h3-10,18H,1-2H3;2-10,16H,1H3;/p+1. The van der Waals surface area contributed by atoms with Crippen LogP contribution in [0.15, 0.2) is 96.0 Å². The number of benzene rings is 4. The number of hydrogen-bond acceptors (Lipinski definition) is 4. The van der Waals surface area contributed by atoms with Crippen molar-refractivity contribution in [1.82, 2.24) is 0 Å². The van der Waals surface area contributed by atoms with Crippen molar-refractivity contribution in [2.24, 2.45) is 4.99 Å². The third kappa shape index (κ3) is 7.61. The van der Waals surface area contributed by atoms with Crippen molar-refractivity contribution < 1.29 is 38.7 Å². The molecule has 0 spiro atoms. The molecule has 4 aromatic carbocycles. The van der Waals surface area contributed by atoms with Crippen molar-refractivity contribution in [3.63, 3.8) is 0 Å². The summed E-state index contributed by atoms with van der Waals surface area (Å²) >= 11 is 0. The van der Waals surface area contributed by atoms with Crippen LogP contribution in [-0.2, 0) is 18.6 Å². The zero-order valence-corrected chi connectivity index (χ0v) is 21.4. The van der Waals surface area contributed by atoms with E-state index < -0.39 is 0 Å². The van der Waals surface area contributed by atoms with Gasteiger partial charge < -0.3 is 10.2 Å². The van der Waals surface area contributed by atoms with Gasteiger partial charge in [-0.1, -0.05) is 60.7 Å². The number of hydrogen-bond donors (Lipinski definition) is 3. The molecule has 0 fully saturated rings. The van der Waals surface area contributed by atoms with Crippen LogP contribution in [0.2, 0.25) is 0 Å². The van der Waals surface area contributed by atoms with Crippen LogP contribution in [0.25, 0.3) is 0 Å². The number of aromatic hydroxyl groups is 2. The number of aliphatic imine (C=N–C) groups is 1. The van der Waals surface area contributed by atoms with Crippen LogP contribution in [-0.4, -0.2) is 32.6 Å². The molecule has 0 aromatic heterocycles. The molecule has 0 aliphatic heterocycles. The quantitative estimate of drug-likeness (QED) is 0.127. The average molecular weight is 505 g/mol. The van der Waals surface area contributed by atoms with Crippen LogP contribution in [0.4, 0.5) is 11.4 Å². The van der Waals surface area contributed by atoms with Crippen LogP contribution in [0.3, 0.4) is 0 Å². The summed E-state index contributed by atoms with van der Waals surface area (Å²) in [5, 5.41) is 29.7. The van der Waals surface area contributed by atoms with Crippen molar-refractivity contribution in [1.29, 1.82) is 0 Å². The molecule has 4 aromatic rings. The largest absolute Gasteiger partial charge is 0.507 e. The fraction of sp³-hybridized carbons (Fsp3) is 0.103. The van der Waals surface area contributed by atoms with Crippen molar-refractivity contribution in [3.05, 3.63) is 119 Å². The molecule has 3 N–H and O–H groups in total. The number of phenols is 2. The number of aryl methyl sites for hydroxylation is 3. The van der Waals surface area contributed by atoms with Gasteiger partial charge in [-0.05, 0) is 56.2 Å². The smallest absolute Gasteiger partial charge is 0.260 e. The Kier molecular flexibility index (Phi) is 10.3. The second-order valence-electron chi connectivity index (χ2n) is 7.88. The summed E-state index contributed by atoms with van der Waals surface area (Å²) < 4.78 is 1.03. The molecule has 4 rings (SSSR count). The van der Waals surface area contributed by atoms with Crippen molar-refractivity contribution in [2.45, 2.75) is 20.8 Å². The summed E-state index contributed by atoms with van der Waals surface area (Å²) in [6.45, 7) is 5.61. The SMILES string of the molecule is Cc1cccc(C=Nc2ccccc2)c1O.Cc1ccccc1/[N+](O)=C/c1cccc(C)c1O.[V]. The molecule has 0 aliphatic carbocycles. The van der Waals surface area contributed by atoms with E-state index in [-0.39, 0.29) is 24.3 Å². The van der Waals surface area contributed by atoms with Crippen LogP contribution in [0, 0.1) is 20.8 Å². The maximum atomic E-state index is 10.0. The maximum absolute atomic E-state index is 10.0. The van der Waals surface area contributed by atoms with Gasteiger partial charge in [0.05, 0.1) is 11.3 Å². The van der Waals surface area contributed by atoms with Crippen LogP contribution >= 0.6 is 0 Å². The summed E-state index contributed by atoms with van der Waals surface area (Å²) in [7, 11) is 0. The molecule has 6 heteroatoms. The third-order valence-corrected chi connectivity index (χ3v) is 5.27. The van der Waals surface area contributed by atoms with Gasteiger partial charge in [-0.3, -0.25) is 10.2 Å². The molecule has 0 saturated heterocycles. The van der Waals surface area contributed by atoms with E-state index in [9.17, 15) is 15.4 Å². The van der Waals surface area contributed by atoms with E-state index in [1.54, 1.807) is 12.3 Å². The van der Waals surface area contributed by atoms with Gasteiger partial charge in [0, 0.05) is 46.7 Å². The van der Waals surface area contributed by atoms with Crippen LogP contribution < -0.4 is 0 Å². The number of nitrogens with zero attached hydrogens (tertiary/aromatic N) is 2. The second-order valence-corrected chi connectivity index (χ2v) is 7.88. The van der Waals surface area contributed by atoms with E-state index in [0.717, 1.165) is 32.7 Å². The van der Waals surface area contributed by atoms with E-state index in [0.29, 0.717) is 17.0 Å². The Morgan fingerprint density at radius 2 is 1.14 bits per heavy atom. The van der Waals surface area contributed by atoms with Gasteiger partial charge in [-0.2, -0.15) is 0 Å². The molecular formula is C29H29N2O3V+. The van der Waals surface area contributed by atoms with Crippen LogP contribution in [0.1, 0.15) is 27.8 Å². The van der Waals surface area contributed by atoms with Gasteiger partial charge in [0.2, 0.25) is 6.21 Å². The Morgan fingerprint density at radius 3 is 1.77 bits per heavy atom. The fourth-order valence-corrected chi connectivity index (χ4v) is 3.25. The number of phenolic OH excluding ortho intramolecular Hbond substituents is 2. The first-order chi connectivity index (χ1) is 16.4. The minimum Gasteiger partial charge on any atom is -0.507 e. The Hall–Kier alpha value is -3.80. The number of rotatable bonds is 4. The van der Waals surface area contributed by atoms with E-state index in [4.69, 9.17) is 0 Å². The predicted octanol–water partition coefficient (Wildman–Crippen LogP) is 6.61. The van der Waals surface area contributed by atoms with Gasteiger partial charge in [0.1, 0.15) is 11.5 Å². The molecule has 0 atom stereocenters. The van der Waals surface area contributed by atoms with E-state index in [1.165, 1.54) is 6.21 Å². The number of para-hydroxylation sites is 4. The molecular weight excluding hydrogens is 475 g/mol. The first-order valence-electron chi connectivity index (χ1n) is 10.9. The van der Waals surface area contributed by atoms with Gasteiger partial charge >= 0.3 is 0 Å². The zero-order valence-electron chi connectivity index (χ0n) is 20.0. The molecule has 0 heterocycles. The van der Waals surface area contributed by atoms with E-state index >= 15 is 0 Å². The van der Waals surface area contributed by atoms with E-state index in [2.05, 4.69) is 4.99 Å². The zero-order chi connectivity index (χ0) is 24.5. The summed E-state index contributed by atoms with van der Waals surface area (Å²) in [5.74, 6) is 0.479. The first-order valence-corrected chi connectivity index (χ1v) is 10.9. The third-order valence-electron chi connectivity index (χ3n) is 5.27. The Labute approximate surface area is 218 Å². The normalized spacial score (nSPS) is 10.9. The molecule has 0 bridgehead atoms.